The summed E-state index contributed by atoms with van der Waals surface area (Å²) in [5, 5.41) is 0.995. The summed E-state index contributed by atoms with van der Waals surface area (Å²) in [6.45, 7) is 0.292. The van der Waals surface area contributed by atoms with Gasteiger partial charge in [-0.3, -0.25) is 0 Å². The zero-order chi connectivity index (χ0) is 23.4. The second-order valence-corrected chi connectivity index (χ2v) is 10.7. The first-order valence-corrected chi connectivity index (χ1v) is 12.8. The fourth-order valence-electron chi connectivity index (χ4n) is 3.75. The smallest absolute Gasteiger partial charge is 0.338 e. The van der Waals surface area contributed by atoms with Gasteiger partial charge in [0, 0.05) is 22.7 Å². The van der Waals surface area contributed by atoms with Gasteiger partial charge in [-0.25, -0.2) is 13.2 Å². The number of methoxy groups -OCH3 is 1. The van der Waals surface area contributed by atoms with E-state index >= 15 is 0 Å². The third kappa shape index (κ3) is 4.68. The van der Waals surface area contributed by atoms with Gasteiger partial charge in [-0.15, -0.1) is 11.8 Å². The van der Waals surface area contributed by atoms with Crippen LogP contribution in [-0.2, 0) is 21.0 Å². The number of carbonyl (C=O) groups is 1. The molecule has 6 nitrogen and oxygen atoms in total. The molecular formula is C25H24N2O4S2. The number of ether oxygens (including phenoxy) is 1. The lowest BCUT2D eigenvalue weighted by atomic mass is 10.0. The number of hydrogen-bond donors (Lipinski definition) is 2. The lowest BCUT2D eigenvalue weighted by Gasteiger charge is -2.17. The highest BCUT2D eigenvalue weighted by atomic mass is 32.2. The molecule has 0 aliphatic carbocycles. The van der Waals surface area contributed by atoms with Gasteiger partial charge in [0.1, 0.15) is 4.90 Å². The standard InChI is InChI=1S/C25H24N2O4S2/c1-31-25(28)20-12-6-5-9-17(20)15-18(16-26)32-24-23(21-13-7-8-14-22(21)27-24)33(29,30)19-10-3-2-4-11-19/h2-14,18,27H,15-16,26H2,1H3. The highest BCUT2D eigenvalue weighted by molar-refractivity contribution is 8.00. The van der Waals surface area contributed by atoms with Crippen molar-refractivity contribution in [1.29, 1.82) is 0 Å². The first-order valence-electron chi connectivity index (χ1n) is 10.4. The van der Waals surface area contributed by atoms with Crippen LogP contribution in [0.3, 0.4) is 0 Å². The first kappa shape index (κ1) is 23.1. The summed E-state index contributed by atoms with van der Waals surface area (Å²) in [4.78, 5) is 15.9. The van der Waals surface area contributed by atoms with Crippen LogP contribution in [0.1, 0.15) is 15.9 Å². The summed E-state index contributed by atoms with van der Waals surface area (Å²) in [5.41, 5.74) is 8.11. The Balaban J connectivity index is 1.75. The molecule has 1 unspecified atom stereocenters. The molecule has 0 bridgehead atoms. The van der Waals surface area contributed by atoms with Gasteiger partial charge in [-0.05, 0) is 36.2 Å². The maximum Gasteiger partial charge on any atom is 0.338 e. The summed E-state index contributed by atoms with van der Waals surface area (Å²) in [5.74, 6) is -0.413. The summed E-state index contributed by atoms with van der Waals surface area (Å²) < 4.78 is 32.1. The maximum atomic E-state index is 13.6. The molecule has 4 rings (SSSR count). The SMILES string of the molecule is COC(=O)c1ccccc1CC(CN)Sc1[nH]c2ccccc2c1S(=O)(=O)c1ccccc1. The van der Waals surface area contributed by atoms with Crippen molar-refractivity contribution in [3.63, 3.8) is 0 Å². The van der Waals surface area contributed by atoms with Gasteiger partial charge in [0.2, 0.25) is 9.84 Å². The minimum atomic E-state index is -3.77. The van der Waals surface area contributed by atoms with Gasteiger partial charge in [0.25, 0.3) is 0 Å². The van der Waals surface area contributed by atoms with Crippen molar-refractivity contribution in [3.05, 3.63) is 90.0 Å². The highest BCUT2D eigenvalue weighted by Crippen LogP contribution is 2.39. The van der Waals surface area contributed by atoms with Crippen molar-refractivity contribution in [2.24, 2.45) is 5.73 Å². The van der Waals surface area contributed by atoms with E-state index in [-0.39, 0.29) is 15.0 Å². The number of esters is 1. The number of sulfone groups is 1. The number of aromatic nitrogens is 1. The second-order valence-electron chi connectivity index (χ2n) is 7.47. The molecule has 4 aromatic rings. The van der Waals surface area contributed by atoms with Crippen molar-refractivity contribution in [2.45, 2.75) is 26.5 Å². The number of aromatic amines is 1. The van der Waals surface area contributed by atoms with Crippen molar-refractivity contribution < 1.29 is 17.9 Å². The molecule has 0 saturated heterocycles. The summed E-state index contributed by atoms with van der Waals surface area (Å²) in [7, 11) is -2.43. The molecular weight excluding hydrogens is 456 g/mol. The molecule has 1 atom stereocenters. The molecule has 170 valence electrons. The van der Waals surface area contributed by atoms with Crippen molar-refractivity contribution >= 4 is 38.5 Å². The third-order valence-corrected chi connectivity index (χ3v) is 8.58. The number of nitrogens with two attached hydrogens (primary N) is 1. The van der Waals surface area contributed by atoms with E-state index in [9.17, 15) is 13.2 Å². The number of benzene rings is 3. The van der Waals surface area contributed by atoms with Crippen LogP contribution in [0.2, 0.25) is 0 Å². The van der Waals surface area contributed by atoms with Crippen molar-refractivity contribution in [2.75, 3.05) is 13.7 Å². The topological polar surface area (TPSA) is 102 Å². The number of carbonyl (C=O) groups excluding carboxylic acids is 1. The zero-order valence-corrected chi connectivity index (χ0v) is 19.7. The predicted molar refractivity (Wildman–Crippen MR) is 130 cm³/mol. The fraction of sp³-hybridized carbons (Fsp3) is 0.160. The number of thioether (sulfide) groups is 1. The summed E-state index contributed by atoms with van der Waals surface area (Å²) in [6, 6.07) is 22.9. The highest BCUT2D eigenvalue weighted by Gasteiger charge is 2.28. The van der Waals surface area contributed by atoms with Crippen LogP contribution in [0.5, 0.6) is 0 Å². The van der Waals surface area contributed by atoms with Crippen LogP contribution in [0, 0.1) is 0 Å². The van der Waals surface area contributed by atoms with E-state index < -0.39 is 15.8 Å². The van der Waals surface area contributed by atoms with Gasteiger partial charge in [0.15, 0.2) is 0 Å². The first-order chi connectivity index (χ1) is 16.0. The van der Waals surface area contributed by atoms with E-state index in [4.69, 9.17) is 10.5 Å². The number of fused-ring (bicyclic) bond motifs is 1. The largest absolute Gasteiger partial charge is 0.465 e. The molecule has 0 saturated carbocycles. The molecule has 33 heavy (non-hydrogen) atoms. The Morgan fingerprint density at radius 3 is 2.39 bits per heavy atom. The Bertz CT molecular complexity index is 1380. The van der Waals surface area contributed by atoms with Crippen molar-refractivity contribution in [1.82, 2.24) is 4.98 Å². The average Bonchev–Trinajstić information content (AvgIpc) is 3.22. The molecule has 3 aromatic carbocycles. The third-order valence-electron chi connectivity index (χ3n) is 5.37. The molecule has 0 radical (unpaired) electrons. The lowest BCUT2D eigenvalue weighted by molar-refractivity contribution is 0.0599. The Morgan fingerprint density at radius 1 is 1.00 bits per heavy atom. The van der Waals surface area contributed by atoms with Crippen LogP contribution in [0.25, 0.3) is 10.9 Å². The van der Waals surface area contributed by atoms with Crippen LogP contribution >= 0.6 is 11.8 Å². The quantitative estimate of drug-likeness (QED) is 0.285. The number of para-hydroxylation sites is 1. The van der Waals surface area contributed by atoms with Gasteiger partial charge in [-0.1, -0.05) is 54.6 Å². The monoisotopic (exact) mass is 480 g/mol. The summed E-state index contributed by atoms with van der Waals surface area (Å²) in [6.07, 6.45) is 0.479. The van der Waals surface area contributed by atoms with Crippen molar-refractivity contribution in [3.8, 4) is 0 Å². The van der Waals surface area contributed by atoms with E-state index in [0.29, 0.717) is 28.9 Å². The molecule has 0 aliphatic rings. The van der Waals surface area contributed by atoms with E-state index in [0.717, 1.165) is 11.1 Å². The van der Waals surface area contributed by atoms with Gasteiger partial charge >= 0.3 is 5.97 Å². The number of H-pyrrole nitrogens is 1. The van der Waals surface area contributed by atoms with Crippen LogP contribution in [0.4, 0.5) is 0 Å². The molecule has 0 spiro atoms. The minimum absolute atomic E-state index is 0.173. The molecule has 0 amide bonds. The van der Waals surface area contributed by atoms with Crippen LogP contribution < -0.4 is 5.73 Å². The number of rotatable bonds is 8. The van der Waals surface area contributed by atoms with E-state index in [2.05, 4.69) is 4.98 Å². The minimum Gasteiger partial charge on any atom is -0.465 e. The molecule has 1 aromatic heterocycles. The maximum absolute atomic E-state index is 13.6. The predicted octanol–water partition coefficient (Wildman–Crippen LogP) is 4.45. The normalized spacial score (nSPS) is 12.5. The average molecular weight is 481 g/mol. The lowest BCUT2D eigenvalue weighted by Crippen LogP contribution is -2.21. The van der Waals surface area contributed by atoms with Crippen LogP contribution in [0.15, 0.2) is 93.7 Å². The Morgan fingerprint density at radius 2 is 1.67 bits per heavy atom. The van der Waals surface area contributed by atoms with E-state index in [1.807, 2.05) is 30.3 Å². The number of hydrogen-bond acceptors (Lipinski definition) is 6. The van der Waals surface area contributed by atoms with Gasteiger partial charge in [0.05, 0.1) is 22.6 Å². The van der Waals surface area contributed by atoms with E-state index in [1.54, 1.807) is 48.5 Å². The number of nitrogens with one attached hydrogen (secondary N) is 1. The molecule has 1 heterocycles. The molecule has 3 N–H and O–H groups in total. The second kappa shape index (κ2) is 9.82. The van der Waals surface area contributed by atoms with Gasteiger partial charge < -0.3 is 15.5 Å². The zero-order valence-electron chi connectivity index (χ0n) is 18.0. The Labute approximate surface area is 197 Å². The van der Waals surface area contributed by atoms with E-state index in [1.165, 1.54) is 18.9 Å². The van der Waals surface area contributed by atoms with Crippen LogP contribution in [-0.4, -0.2) is 38.3 Å². The molecule has 0 aliphatic heterocycles. The molecule has 0 fully saturated rings. The Hall–Kier alpha value is -3.07. The molecule has 8 heteroatoms. The Kier molecular flexibility index (Phi) is 6.88. The summed E-state index contributed by atoms with van der Waals surface area (Å²) >= 11 is 1.37. The van der Waals surface area contributed by atoms with Gasteiger partial charge in [-0.2, -0.15) is 0 Å². The fourth-order valence-corrected chi connectivity index (χ4v) is 6.82.